The lowest BCUT2D eigenvalue weighted by Gasteiger charge is -2.19. The molecule has 0 bridgehead atoms. The number of carbonyl (C=O) groups is 3. The largest absolute Gasteiger partial charge is 0.465 e. The van der Waals surface area contributed by atoms with Crippen LogP contribution in [0.3, 0.4) is 0 Å². The highest BCUT2D eigenvalue weighted by atomic mass is 32.1. The van der Waals surface area contributed by atoms with Crippen LogP contribution in [-0.4, -0.2) is 36.0 Å². The monoisotopic (exact) mass is 454 g/mol. The average molecular weight is 455 g/mol. The summed E-state index contributed by atoms with van der Waals surface area (Å²) >= 11 is 1.06. The number of amides is 1. The van der Waals surface area contributed by atoms with Gasteiger partial charge < -0.3 is 13.9 Å². The summed E-state index contributed by atoms with van der Waals surface area (Å²) in [6, 6.07) is 12.7. The maximum atomic E-state index is 13.0. The van der Waals surface area contributed by atoms with E-state index in [1.165, 1.54) is 23.3 Å². The topological polar surface area (TPSA) is 98.9 Å². The van der Waals surface area contributed by atoms with Gasteiger partial charge in [-0.2, -0.15) is 0 Å². The number of aryl methyl sites for hydroxylation is 1. The summed E-state index contributed by atoms with van der Waals surface area (Å²) in [7, 11) is 0. The molecule has 0 saturated heterocycles. The number of rotatable bonds is 9. The molecule has 0 aliphatic carbocycles. The molecular formula is C23H22N2O6S. The minimum atomic E-state index is -0.683. The molecule has 8 nitrogen and oxygen atoms in total. The fraction of sp³-hybridized carbons (Fsp3) is 0.217. The third kappa shape index (κ3) is 6.14. The first-order valence-corrected chi connectivity index (χ1v) is 10.7. The van der Waals surface area contributed by atoms with Crippen LogP contribution in [0.1, 0.15) is 33.6 Å². The normalized spacial score (nSPS) is 10.8. The Bertz CT molecular complexity index is 1090. The number of nitrogens with zero attached hydrogens (tertiary/aromatic N) is 2. The number of hydrogen-bond acceptors (Lipinski definition) is 8. The molecule has 2 heterocycles. The average Bonchev–Trinajstić information content (AvgIpc) is 3.45. The molecule has 0 aliphatic heterocycles. The molecular weight excluding hydrogens is 432 g/mol. The highest BCUT2D eigenvalue weighted by Crippen LogP contribution is 2.28. The van der Waals surface area contributed by atoms with Crippen molar-refractivity contribution in [2.45, 2.75) is 20.4 Å². The highest BCUT2D eigenvalue weighted by molar-refractivity contribution is 7.17. The van der Waals surface area contributed by atoms with Crippen molar-refractivity contribution in [2.24, 2.45) is 0 Å². The van der Waals surface area contributed by atoms with Crippen LogP contribution in [0, 0.1) is 6.92 Å². The van der Waals surface area contributed by atoms with Crippen LogP contribution in [0.25, 0.3) is 6.08 Å². The molecule has 0 atom stereocenters. The summed E-state index contributed by atoms with van der Waals surface area (Å²) in [6.45, 7) is 3.35. The van der Waals surface area contributed by atoms with Gasteiger partial charge in [-0.25, -0.2) is 14.6 Å². The lowest BCUT2D eigenvalue weighted by Crippen LogP contribution is -2.34. The Morgan fingerprint density at radius 3 is 2.59 bits per heavy atom. The van der Waals surface area contributed by atoms with Crippen molar-refractivity contribution in [1.82, 2.24) is 4.98 Å². The molecule has 0 unspecified atom stereocenters. The molecule has 1 aromatic carbocycles. The molecule has 1 amide bonds. The van der Waals surface area contributed by atoms with Crippen molar-refractivity contribution in [1.29, 1.82) is 0 Å². The Labute approximate surface area is 189 Å². The van der Waals surface area contributed by atoms with E-state index in [0.717, 1.165) is 16.9 Å². The molecule has 9 heteroatoms. The van der Waals surface area contributed by atoms with E-state index in [2.05, 4.69) is 4.98 Å². The number of esters is 2. The first kappa shape index (κ1) is 23.0. The predicted octanol–water partition coefficient (Wildman–Crippen LogP) is 4.01. The summed E-state index contributed by atoms with van der Waals surface area (Å²) in [6.07, 6.45) is 4.11. The van der Waals surface area contributed by atoms with Gasteiger partial charge in [0.15, 0.2) is 11.7 Å². The second-order valence-corrected chi connectivity index (χ2v) is 7.53. The van der Waals surface area contributed by atoms with Crippen LogP contribution in [-0.2, 0) is 25.6 Å². The van der Waals surface area contributed by atoms with Gasteiger partial charge in [-0.1, -0.05) is 41.7 Å². The zero-order valence-electron chi connectivity index (χ0n) is 17.6. The van der Waals surface area contributed by atoms with Gasteiger partial charge in [-0.15, -0.1) is 0 Å². The van der Waals surface area contributed by atoms with E-state index in [0.29, 0.717) is 21.5 Å². The minimum Gasteiger partial charge on any atom is -0.465 e. The Hall–Kier alpha value is -3.72. The molecule has 0 radical (unpaired) electrons. The lowest BCUT2D eigenvalue weighted by atomic mass is 10.2. The molecule has 3 rings (SSSR count). The molecule has 3 aromatic rings. The van der Waals surface area contributed by atoms with E-state index in [-0.39, 0.29) is 13.2 Å². The zero-order valence-corrected chi connectivity index (χ0v) is 18.5. The number of ether oxygens (including phenoxy) is 2. The summed E-state index contributed by atoms with van der Waals surface area (Å²) in [5.41, 5.74) is 1.32. The van der Waals surface area contributed by atoms with Crippen molar-refractivity contribution >= 4 is 40.4 Å². The van der Waals surface area contributed by atoms with E-state index in [4.69, 9.17) is 13.9 Å². The molecule has 166 valence electrons. The Morgan fingerprint density at radius 2 is 1.91 bits per heavy atom. The predicted molar refractivity (Wildman–Crippen MR) is 119 cm³/mol. The van der Waals surface area contributed by atoms with E-state index in [1.807, 2.05) is 30.3 Å². The maximum absolute atomic E-state index is 13.0. The van der Waals surface area contributed by atoms with Gasteiger partial charge in [0.1, 0.15) is 10.6 Å². The van der Waals surface area contributed by atoms with Crippen molar-refractivity contribution in [3.63, 3.8) is 0 Å². The maximum Gasteiger partial charge on any atom is 0.350 e. The van der Waals surface area contributed by atoms with E-state index < -0.39 is 24.5 Å². The Morgan fingerprint density at radius 1 is 1.12 bits per heavy atom. The van der Waals surface area contributed by atoms with Gasteiger partial charge in [0.05, 0.1) is 25.1 Å². The molecule has 0 N–H and O–H groups in total. The van der Waals surface area contributed by atoms with E-state index in [1.54, 1.807) is 26.0 Å². The fourth-order valence-corrected chi connectivity index (χ4v) is 3.68. The van der Waals surface area contributed by atoms with Gasteiger partial charge >= 0.3 is 11.9 Å². The summed E-state index contributed by atoms with van der Waals surface area (Å²) < 4.78 is 15.3. The van der Waals surface area contributed by atoms with Crippen molar-refractivity contribution in [3.8, 4) is 0 Å². The van der Waals surface area contributed by atoms with Crippen molar-refractivity contribution in [2.75, 3.05) is 18.1 Å². The van der Waals surface area contributed by atoms with E-state index >= 15 is 0 Å². The van der Waals surface area contributed by atoms with Crippen LogP contribution in [0.15, 0.2) is 59.2 Å². The van der Waals surface area contributed by atoms with Crippen LogP contribution >= 0.6 is 11.3 Å². The standard InChI is InChI=1S/C23H22N2O6S/c1-3-29-22(28)21-16(2)24-23(32-21)25(14-17-8-5-4-6-9-17)19(26)15-31-20(27)12-11-18-10-7-13-30-18/h4-13H,3,14-15H2,1-2H3. The SMILES string of the molecule is CCOC(=O)c1sc(N(Cc2ccccc2)C(=O)COC(=O)C=Cc2ccco2)nc1C. The molecule has 0 fully saturated rings. The number of carbonyl (C=O) groups excluding carboxylic acids is 3. The lowest BCUT2D eigenvalue weighted by molar-refractivity contribution is -0.142. The summed E-state index contributed by atoms with van der Waals surface area (Å²) in [5.74, 6) is -1.16. The molecule has 0 saturated carbocycles. The third-order valence-corrected chi connectivity index (χ3v) is 5.39. The second kappa shape index (κ2) is 11.1. The number of hydrogen-bond donors (Lipinski definition) is 0. The Balaban J connectivity index is 1.75. The molecule has 0 spiro atoms. The van der Waals surface area contributed by atoms with Crippen LogP contribution in [0.2, 0.25) is 0 Å². The first-order valence-electron chi connectivity index (χ1n) is 9.85. The van der Waals surface area contributed by atoms with Crippen LogP contribution in [0.4, 0.5) is 5.13 Å². The number of furan rings is 1. The fourth-order valence-electron chi connectivity index (χ4n) is 2.71. The molecule has 2 aromatic heterocycles. The smallest absolute Gasteiger partial charge is 0.350 e. The first-order chi connectivity index (χ1) is 15.5. The van der Waals surface area contributed by atoms with Gasteiger partial charge in [-0.05, 0) is 37.6 Å². The number of aromatic nitrogens is 1. The van der Waals surface area contributed by atoms with Crippen LogP contribution < -0.4 is 4.90 Å². The highest BCUT2D eigenvalue weighted by Gasteiger charge is 2.25. The van der Waals surface area contributed by atoms with Gasteiger partial charge in [-0.3, -0.25) is 9.69 Å². The number of thiazole rings is 1. The van der Waals surface area contributed by atoms with Gasteiger partial charge in [0, 0.05) is 6.08 Å². The van der Waals surface area contributed by atoms with Crippen molar-refractivity contribution in [3.05, 3.63) is 76.7 Å². The number of benzene rings is 1. The minimum absolute atomic E-state index is 0.203. The summed E-state index contributed by atoms with van der Waals surface area (Å²) in [5, 5.41) is 0.321. The quantitative estimate of drug-likeness (QED) is 0.356. The zero-order chi connectivity index (χ0) is 22.9. The molecule has 32 heavy (non-hydrogen) atoms. The third-order valence-electron chi connectivity index (χ3n) is 4.23. The second-order valence-electron chi connectivity index (χ2n) is 6.55. The van der Waals surface area contributed by atoms with Gasteiger partial charge in [0.2, 0.25) is 0 Å². The van der Waals surface area contributed by atoms with Crippen LogP contribution in [0.5, 0.6) is 0 Å². The number of anilines is 1. The Kier molecular flexibility index (Phi) is 7.93. The summed E-state index contributed by atoms with van der Waals surface area (Å²) in [4.78, 5) is 43.2. The van der Waals surface area contributed by atoms with E-state index in [9.17, 15) is 14.4 Å². The molecule has 0 aliphatic rings. The van der Waals surface area contributed by atoms with Gasteiger partial charge in [0.25, 0.3) is 5.91 Å². The van der Waals surface area contributed by atoms with Crippen molar-refractivity contribution < 1.29 is 28.3 Å².